The van der Waals surface area contributed by atoms with Crippen LogP contribution in [0.25, 0.3) is 6.08 Å². The lowest BCUT2D eigenvalue weighted by Crippen LogP contribution is -2.14. The molecule has 0 atom stereocenters. The Morgan fingerprint density at radius 1 is 1.05 bits per heavy atom. The lowest BCUT2D eigenvalue weighted by atomic mass is 9.83. The van der Waals surface area contributed by atoms with Crippen LogP contribution in [0.4, 0.5) is 8.78 Å². The van der Waals surface area contributed by atoms with Crippen LogP contribution in [0, 0.1) is 23.5 Å². The van der Waals surface area contributed by atoms with Gasteiger partial charge in [0.2, 0.25) is 5.82 Å². The Balaban J connectivity index is 1.59. The van der Waals surface area contributed by atoms with Gasteiger partial charge in [-0.25, -0.2) is 4.39 Å². The Labute approximate surface area is 125 Å². The molecule has 0 spiro atoms. The first-order chi connectivity index (χ1) is 10.2. The Kier molecular flexibility index (Phi) is 4.57. The second-order valence-corrected chi connectivity index (χ2v) is 6.27. The van der Waals surface area contributed by atoms with Crippen molar-refractivity contribution in [3.05, 3.63) is 35.4 Å². The third-order valence-corrected chi connectivity index (χ3v) is 4.78. The van der Waals surface area contributed by atoms with E-state index in [0.29, 0.717) is 24.0 Å². The van der Waals surface area contributed by atoms with Gasteiger partial charge in [-0.05, 0) is 43.2 Å². The fourth-order valence-electron chi connectivity index (χ4n) is 2.78. The van der Waals surface area contributed by atoms with Crippen molar-refractivity contribution in [2.24, 2.45) is 11.8 Å². The first kappa shape index (κ1) is 14.6. The van der Waals surface area contributed by atoms with Crippen LogP contribution in [0.1, 0.15) is 50.5 Å². The van der Waals surface area contributed by atoms with Gasteiger partial charge in [-0.3, -0.25) is 0 Å². The molecule has 2 fully saturated rings. The van der Waals surface area contributed by atoms with E-state index < -0.39 is 11.6 Å². The lowest BCUT2D eigenvalue weighted by molar-refractivity contribution is 0.215. The number of rotatable bonds is 6. The molecular weight excluding hydrogens is 270 g/mol. The molecule has 2 aliphatic rings. The van der Waals surface area contributed by atoms with Gasteiger partial charge in [0.05, 0.1) is 6.61 Å². The molecule has 2 saturated carbocycles. The van der Waals surface area contributed by atoms with E-state index in [2.05, 4.69) is 0 Å². The maximum Gasteiger partial charge on any atom is 0.201 e. The summed E-state index contributed by atoms with van der Waals surface area (Å²) in [6, 6.07) is 3.14. The highest BCUT2D eigenvalue weighted by atomic mass is 19.2. The highest BCUT2D eigenvalue weighted by molar-refractivity contribution is 5.52. The van der Waals surface area contributed by atoms with Crippen molar-refractivity contribution < 1.29 is 13.5 Å². The molecule has 0 radical (unpaired) electrons. The summed E-state index contributed by atoms with van der Waals surface area (Å²) in [5, 5.41) is 0. The number of ether oxygens (including phenoxy) is 1. The molecule has 0 saturated heterocycles. The highest BCUT2D eigenvalue weighted by Crippen LogP contribution is 2.31. The molecule has 0 bridgehead atoms. The molecule has 0 unspecified atom stereocenters. The van der Waals surface area contributed by atoms with Crippen LogP contribution in [0.15, 0.2) is 18.2 Å². The van der Waals surface area contributed by atoms with Crippen LogP contribution in [-0.4, -0.2) is 6.61 Å². The summed E-state index contributed by atoms with van der Waals surface area (Å²) in [7, 11) is 0. The molecule has 0 N–H and O–H groups in total. The minimum absolute atomic E-state index is 0.0348. The van der Waals surface area contributed by atoms with E-state index in [9.17, 15) is 8.78 Å². The zero-order chi connectivity index (χ0) is 14.7. The quantitative estimate of drug-likeness (QED) is 0.687. The molecule has 21 heavy (non-hydrogen) atoms. The van der Waals surface area contributed by atoms with Gasteiger partial charge in [-0.1, -0.05) is 37.8 Å². The number of benzene rings is 1. The first-order valence-corrected chi connectivity index (χ1v) is 8.03. The first-order valence-electron chi connectivity index (χ1n) is 8.03. The van der Waals surface area contributed by atoms with Gasteiger partial charge in [-0.15, -0.1) is 0 Å². The van der Waals surface area contributed by atoms with E-state index in [1.807, 2.05) is 6.08 Å². The zero-order valence-electron chi connectivity index (χ0n) is 12.3. The average molecular weight is 292 g/mol. The van der Waals surface area contributed by atoms with Crippen molar-refractivity contribution >= 4 is 6.08 Å². The summed E-state index contributed by atoms with van der Waals surface area (Å²) >= 11 is 0. The molecule has 3 rings (SSSR count). The van der Waals surface area contributed by atoms with Gasteiger partial charge < -0.3 is 4.74 Å². The summed E-state index contributed by atoms with van der Waals surface area (Å²) in [4.78, 5) is 0. The predicted octanol–water partition coefficient (Wildman–Crippen LogP) is 5.35. The second-order valence-electron chi connectivity index (χ2n) is 6.27. The Hall–Kier alpha value is -1.38. The van der Waals surface area contributed by atoms with Crippen molar-refractivity contribution in [2.45, 2.75) is 44.9 Å². The van der Waals surface area contributed by atoms with E-state index in [1.54, 1.807) is 18.2 Å². The second kappa shape index (κ2) is 6.59. The summed E-state index contributed by atoms with van der Waals surface area (Å²) in [6.45, 7) is 0.471. The normalized spacial score (nSPS) is 19.5. The molecule has 1 aromatic carbocycles. The topological polar surface area (TPSA) is 9.23 Å². The fraction of sp³-hybridized carbons (Fsp3) is 0.556. The number of hydrogen-bond acceptors (Lipinski definition) is 1. The smallest absolute Gasteiger partial charge is 0.201 e. The maximum atomic E-state index is 14.0. The Morgan fingerprint density at radius 3 is 2.43 bits per heavy atom. The summed E-state index contributed by atoms with van der Waals surface area (Å²) in [6.07, 6.45) is 11.9. The largest absolute Gasteiger partial charge is 0.490 e. The van der Waals surface area contributed by atoms with Gasteiger partial charge in [0, 0.05) is 5.56 Å². The summed E-state index contributed by atoms with van der Waals surface area (Å²) in [5.41, 5.74) is 0.311. The Morgan fingerprint density at radius 2 is 1.81 bits per heavy atom. The highest BCUT2D eigenvalue weighted by Gasteiger charge is 2.19. The fourth-order valence-corrected chi connectivity index (χ4v) is 2.78. The molecule has 1 nitrogen and oxygen atoms in total. The molecular formula is C18H22F2O. The zero-order valence-corrected chi connectivity index (χ0v) is 12.3. The van der Waals surface area contributed by atoms with Gasteiger partial charge in [0.25, 0.3) is 0 Å². The van der Waals surface area contributed by atoms with E-state index in [1.165, 1.54) is 25.7 Å². The van der Waals surface area contributed by atoms with Crippen molar-refractivity contribution in [1.29, 1.82) is 0 Å². The SMILES string of the molecule is Fc1c(/C=C/C2CCC2)ccc(OCCC2CCC2)c1F. The minimum Gasteiger partial charge on any atom is -0.490 e. The molecule has 0 aliphatic heterocycles. The van der Waals surface area contributed by atoms with E-state index in [0.717, 1.165) is 19.3 Å². The molecule has 0 amide bonds. The molecule has 0 heterocycles. The molecule has 3 heteroatoms. The van der Waals surface area contributed by atoms with Crippen molar-refractivity contribution in [2.75, 3.05) is 6.61 Å². The van der Waals surface area contributed by atoms with Crippen molar-refractivity contribution in [3.63, 3.8) is 0 Å². The number of hydrogen-bond donors (Lipinski definition) is 0. The third kappa shape index (κ3) is 3.45. The standard InChI is InChI=1S/C18H22F2O/c19-17-15(8-7-13-3-1-4-13)9-10-16(18(17)20)21-12-11-14-5-2-6-14/h7-10,13-14H,1-6,11-12H2/b8-7+. The average Bonchev–Trinajstić information content (AvgIpc) is 2.37. The molecule has 1 aromatic rings. The van der Waals surface area contributed by atoms with Gasteiger partial charge in [-0.2, -0.15) is 4.39 Å². The van der Waals surface area contributed by atoms with Crippen LogP contribution < -0.4 is 4.74 Å². The molecule has 114 valence electrons. The van der Waals surface area contributed by atoms with Crippen LogP contribution in [0.3, 0.4) is 0 Å². The monoisotopic (exact) mass is 292 g/mol. The summed E-state index contributed by atoms with van der Waals surface area (Å²) < 4.78 is 33.4. The predicted molar refractivity (Wildman–Crippen MR) is 80.2 cm³/mol. The van der Waals surface area contributed by atoms with Crippen molar-refractivity contribution in [1.82, 2.24) is 0 Å². The lowest BCUT2D eigenvalue weighted by Gasteiger charge is -2.25. The van der Waals surface area contributed by atoms with Gasteiger partial charge in [0.1, 0.15) is 0 Å². The minimum atomic E-state index is -0.862. The van der Waals surface area contributed by atoms with E-state index >= 15 is 0 Å². The van der Waals surface area contributed by atoms with Crippen molar-refractivity contribution in [3.8, 4) is 5.75 Å². The van der Waals surface area contributed by atoms with Gasteiger partial charge in [0.15, 0.2) is 11.6 Å². The number of halogens is 2. The molecule has 2 aliphatic carbocycles. The van der Waals surface area contributed by atoms with E-state index in [4.69, 9.17) is 4.74 Å². The summed E-state index contributed by atoms with van der Waals surface area (Å²) in [5.74, 6) is -0.382. The van der Waals surface area contributed by atoms with Crippen LogP contribution in [0.5, 0.6) is 5.75 Å². The van der Waals surface area contributed by atoms with Gasteiger partial charge >= 0.3 is 0 Å². The maximum absolute atomic E-state index is 14.0. The Bertz CT molecular complexity index is 516. The third-order valence-electron chi connectivity index (χ3n) is 4.78. The van der Waals surface area contributed by atoms with Crippen LogP contribution in [0.2, 0.25) is 0 Å². The van der Waals surface area contributed by atoms with Crippen LogP contribution in [-0.2, 0) is 0 Å². The van der Waals surface area contributed by atoms with E-state index in [-0.39, 0.29) is 5.75 Å². The van der Waals surface area contributed by atoms with Crippen LogP contribution >= 0.6 is 0 Å². The molecule has 0 aromatic heterocycles. The number of allylic oxidation sites excluding steroid dienone is 1.